The van der Waals surface area contributed by atoms with Crippen LogP contribution in [0.25, 0.3) is 0 Å². The topological polar surface area (TPSA) is 26.7 Å². The lowest BCUT2D eigenvalue weighted by atomic mass is 9.92. The van der Waals surface area contributed by atoms with Crippen molar-refractivity contribution >= 4 is 0 Å². The van der Waals surface area contributed by atoms with E-state index in [1.165, 1.54) is 6.42 Å². The summed E-state index contributed by atoms with van der Waals surface area (Å²) in [6.07, 6.45) is 1.22. The summed E-state index contributed by atoms with van der Waals surface area (Å²) in [5, 5.41) is 10.2. The summed E-state index contributed by atoms with van der Waals surface area (Å²) in [4.78, 5) is 4.66. The van der Waals surface area contributed by atoms with Gasteiger partial charge in [-0.15, -0.1) is 0 Å². The number of β-amino-alcohol motifs (C(OH)–C–C–N with tert-alkyl or cyclic N) is 1. The molecule has 1 fully saturated rings. The lowest BCUT2D eigenvalue weighted by molar-refractivity contribution is -0.0146. The smallest absolute Gasteiger partial charge is 0.0768 e. The number of hydrogen-bond acceptors (Lipinski definition) is 3. The minimum absolute atomic E-state index is 0.316. The summed E-state index contributed by atoms with van der Waals surface area (Å²) in [6.45, 7) is 9.12. The Kier molecular flexibility index (Phi) is 4.15. The number of aliphatic hydroxyl groups is 1. The van der Waals surface area contributed by atoms with Gasteiger partial charge in [0.25, 0.3) is 0 Å². The first-order valence-electron chi connectivity index (χ1n) is 5.94. The molecule has 2 unspecified atom stereocenters. The number of rotatable bonds is 4. The second kappa shape index (κ2) is 4.81. The molecule has 0 aromatic rings. The van der Waals surface area contributed by atoms with Gasteiger partial charge in [-0.3, -0.25) is 4.90 Å². The van der Waals surface area contributed by atoms with Crippen LogP contribution in [-0.2, 0) is 0 Å². The molecular formula is C12H26N2O. The molecule has 1 aliphatic rings. The van der Waals surface area contributed by atoms with E-state index < -0.39 is 5.60 Å². The Morgan fingerprint density at radius 1 is 1.47 bits per heavy atom. The van der Waals surface area contributed by atoms with Gasteiger partial charge in [-0.1, -0.05) is 13.8 Å². The second-order valence-corrected chi connectivity index (χ2v) is 5.65. The van der Waals surface area contributed by atoms with Gasteiger partial charge in [-0.2, -0.15) is 0 Å². The van der Waals surface area contributed by atoms with Crippen molar-refractivity contribution in [3.8, 4) is 0 Å². The van der Waals surface area contributed by atoms with Crippen LogP contribution in [0.4, 0.5) is 0 Å². The highest BCUT2D eigenvalue weighted by Gasteiger charge is 2.32. The molecule has 0 aliphatic carbocycles. The molecule has 0 spiro atoms. The third-order valence-electron chi connectivity index (χ3n) is 3.77. The van der Waals surface area contributed by atoms with Gasteiger partial charge in [0.2, 0.25) is 0 Å². The van der Waals surface area contributed by atoms with E-state index in [1.54, 1.807) is 0 Å². The van der Waals surface area contributed by atoms with Gasteiger partial charge in [0.05, 0.1) is 5.60 Å². The van der Waals surface area contributed by atoms with Crippen LogP contribution >= 0.6 is 0 Å². The maximum Gasteiger partial charge on any atom is 0.0768 e. The predicted molar refractivity (Wildman–Crippen MR) is 64.0 cm³/mol. The molecule has 1 aliphatic heterocycles. The van der Waals surface area contributed by atoms with Crippen LogP contribution in [0.1, 0.15) is 27.2 Å². The molecule has 1 saturated heterocycles. The molecule has 0 saturated carbocycles. The third kappa shape index (κ3) is 3.44. The molecule has 1 rings (SSSR count). The Bertz CT molecular complexity index is 202. The van der Waals surface area contributed by atoms with Crippen LogP contribution in [0.15, 0.2) is 0 Å². The number of nitrogens with zero attached hydrogens (tertiary/aromatic N) is 2. The van der Waals surface area contributed by atoms with Crippen molar-refractivity contribution in [1.29, 1.82) is 0 Å². The maximum atomic E-state index is 10.2. The molecule has 1 heterocycles. The van der Waals surface area contributed by atoms with Crippen molar-refractivity contribution in [2.75, 3.05) is 33.7 Å². The zero-order valence-corrected chi connectivity index (χ0v) is 10.8. The molecular weight excluding hydrogens is 188 g/mol. The van der Waals surface area contributed by atoms with Gasteiger partial charge in [-0.25, -0.2) is 0 Å². The molecule has 90 valence electrons. The SMILES string of the molecule is CC(C)C(C)(O)CN1CCC(N(C)C)C1. The van der Waals surface area contributed by atoms with Crippen LogP contribution in [0.3, 0.4) is 0 Å². The Labute approximate surface area is 94.1 Å². The lowest BCUT2D eigenvalue weighted by Gasteiger charge is -2.32. The van der Waals surface area contributed by atoms with Crippen LogP contribution in [0.5, 0.6) is 0 Å². The first-order valence-corrected chi connectivity index (χ1v) is 5.94. The molecule has 2 atom stereocenters. The van der Waals surface area contributed by atoms with E-state index in [1.807, 2.05) is 6.92 Å². The number of hydrogen-bond donors (Lipinski definition) is 1. The molecule has 0 radical (unpaired) electrons. The largest absolute Gasteiger partial charge is 0.389 e. The molecule has 0 aromatic heterocycles. The Morgan fingerprint density at radius 3 is 2.47 bits per heavy atom. The summed E-state index contributed by atoms with van der Waals surface area (Å²) >= 11 is 0. The van der Waals surface area contributed by atoms with Gasteiger partial charge in [-0.05, 0) is 39.9 Å². The van der Waals surface area contributed by atoms with E-state index in [-0.39, 0.29) is 0 Å². The molecule has 0 amide bonds. The normalized spacial score (nSPS) is 27.6. The van der Waals surface area contributed by atoms with Crippen molar-refractivity contribution in [3.63, 3.8) is 0 Å². The van der Waals surface area contributed by atoms with Gasteiger partial charge < -0.3 is 10.0 Å². The van der Waals surface area contributed by atoms with E-state index in [0.717, 1.165) is 19.6 Å². The standard InChI is InChI=1S/C12H26N2O/c1-10(2)12(3,15)9-14-7-6-11(8-14)13(4)5/h10-11,15H,6-9H2,1-5H3. The van der Waals surface area contributed by atoms with Crippen LogP contribution in [-0.4, -0.2) is 60.3 Å². The zero-order chi connectivity index (χ0) is 11.6. The monoisotopic (exact) mass is 214 g/mol. The highest BCUT2D eigenvalue weighted by molar-refractivity contribution is 4.87. The molecule has 3 heteroatoms. The van der Waals surface area contributed by atoms with Gasteiger partial charge >= 0.3 is 0 Å². The summed E-state index contributed by atoms with van der Waals surface area (Å²) in [5.41, 5.74) is -0.554. The summed E-state index contributed by atoms with van der Waals surface area (Å²) in [7, 11) is 4.27. The fourth-order valence-corrected chi connectivity index (χ4v) is 2.01. The fourth-order valence-electron chi connectivity index (χ4n) is 2.01. The Balaban J connectivity index is 2.42. The fraction of sp³-hybridized carbons (Fsp3) is 1.00. The lowest BCUT2D eigenvalue weighted by Crippen LogP contribution is -2.44. The molecule has 1 N–H and O–H groups in total. The summed E-state index contributed by atoms with van der Waals surface area (Å²) < 4.78 is 0. The van der Waals surface area contributed by atoms with E-state index in [0.29, 0.717) is 12.0 Å². The summed E-state index contributed by atoms with van der Waals surface area (Å²) in [6, 6.07) is 0.660. The quantitative estimate of drug-likeness (QED) is 0.757. The van der Waals surface area contributed by atoms with Crippen LogP contribution in [0.2, 0.25) is 0 Å². The molecule has 3 nitrogen and oxygen atoms in total. The highest BCUT2D eigenvalue weighted by Crippen LogP contribution is 2.21. The second-order valence-electron chi connectivity index (χ2n) is 5.65. The zero-order valence-electron chi connectivity index (χ0n) is 10.8. The van der Waals surface area contributed by atoms with Crippen LogP contribution < -0.4 is 0 Å². The first-order chi connectivity index (χ1) is 6.83. The van der Waals surface area contributed by atoms with Crippen molar-refractivity contribution in [1.82, 2.24) is 9.80 Å². The summed E-state index contributed by atoms with van der Waals surface area (Å²) in [5.74, 6) is 0.316. The Morgan fingerprint density at radius 2 is 2.07 bits per heavy atom. The number of likely N-dealkylation sites (tertiary alicyclic amines) is 1. The predicted octanol–water partition coefficient (Wildman–Crippen LogP) is 1.03. The molecule has 0 bridgehead atoms. The average Bonchev–Trinajstić information content (AvgIpc) is 2.51. The van der Waals surface area contributed by atoms with E-state index in [2.05, 4.69) is 37.7 Å². The molecule has 15 heavy (non-hydrogen) atoms. The van der Waals surface area contributed by atoms with Crippen LogP contribution in [0, 0.1) is 5.92 Å². The van der Waals surface area contributed by atoms with Gasteiger partial charge in [0.1, 0.15) is 0 Å². The van der Waals surface area contributed by atoms with Crippen molar-refractivity contribution in [2.45, 2.75) is 38.8 Å². The highest BCUT2D eigenvalue weighted by atomic mass is 16.3. The van der Waals surface area contributed by atoms with Crippen molar-refractivity contribution in [2.24, 2.45) is 5.92 Å². The van der Waals surface area contributed by atoms with Gasteiger partial charge in [0, 0.05) is 19.1 Å². The number of likely N-dealkylation sites (N-methyl/N-ethyl adjacent to an activating group) is 1. The van der Waals surface area contributed by atoms with Gasteiger partial charge in [0.15, 0.2) is 0 Å². The third-order valence-corrected chi connectivity index (χ3v) is 3.77. The Hall–Kier alpha value is -0.120. The maximum absolute atomic E-state index is 10.2. The van der Waals surface area contributed by atoms with Crippen molar-refractivity contribution in [3.05, 3.63) is 0 Å². The van der Waals surface area contributed by atoms with E-state index in [9.17, 15) is 5.11 Å². The molecule has 0 aromatic carbocycles. The average molecular weight is 214 g/mol. The van der Waals surface area contributed by atoms with E-state index >= 15 is 0 Å². The first kappa shape index (κ1) is 12.9. The minimum atomic E-state index is -0.554. The minimum Gasteiger partial charge on any atom is -0.389 e. The van der Waals surface area contributed by atoms with E-state index in [4.69, 9.17) is 0 Å². The van der Waals surface area contributed by atoms with Crippen molar-refractivity contribution < 1.29 is 5.11 Å².